The Morgan fingerprint density at radius 3 is 1.95 bits per heavy atom. The molecule has 1 aliphatic heterocycles. The normalized spacial score (nSPS) is 15.9. The summed E-state index contributed by atoms with van der Waals surface area (Å²) in [5.74, 6) is -0.651. The summed E-state index contributed by atoms with van der Waals surface area (Å²) in [6.45, 7) is 3.55. The molecule has 0 saturated heterocycles. The lowest BCUT2D eigenvalue weighted by Gasteiger charge is -2.34. The molecule has 0 saturated carbocycles. The Hall–Kier alpha value is -2.20. The number of amides is 2. The van der Waals surface area contributed by atoms with E-state index in [1.165, 1.54) is 4.90 Å². The van der Waals surface area contributed by atoms with E-state index in [1.807, 2.05) is 38.1 Å². The lowest BCUT2D eigenvalue weighted by atomic mass is 9.91. The molecule has 0 aliphatic carbocycles. The van der Waals surface area contributed by atoms with Crippen LogP contribution in [0.2, 0.25) is 0 Å². The van der Waals surface area contributed by atoms with Crippen molar-refractivity contribution in [1.29, 1.82) is 0 Å². The summed E-state index contributed by atoms with van der Waals surface area (Å²) in [6.07, 6.45) is 0. The number of imide groups is 1. The third kappa shape index (κ3) is 1.94. The molecule has 1 atom stereocenters. The first-order chi connectivity index (χ1) is 10.1. The second-order valence-corrected chi connectivity index (χ2v) is 5.68. The smallest absolute Gasteiger partial charge is 0.261 e. The molecule has 0 radical (unpaired) electrons. The van der Waals surface area contributed by atoms with E-state index in [1.54, 1.807) is 12.1 Å². The van der Waals surface area contributed by atoms with Crippen molar-refractivity contribution >= 4 is 22.6 Å². The van der Waals surface area contributed by atoms with Gasteiger partial charge < -0.3 is 5.11 Å². The van der Waals surface area contributed by atoms with Crippen molar-refractivity contribution < 1.29 is 14.7 Å². The van der Waals surface area contributed by atoms with Gasteiger partial charge in [-0.1, -0.05) is 38.1 Å². The number of hydrogen-bond acceptors (Lipinski definition) is 3. The summed E-state index contributed by atoms with van der Waals surface area (Å²) < 4.78 is 0. The summed E-state index contributed by atoms with van der Waals surface area (Å²) in [5, 5.41) is 11.2. The lowest BCUT2D eigenvalue weighted by Crippen LogP contribution is -2.50. The molecule has 2 amide bonds. The zero-order valence-corrected chi connectivity index (χ0v) is 12.0. The van der Waals surface area contributed by atoms with E-state index < -0.39 is 6.04 Å². The van der Waals surface area contributed by atoms with Crippen molar-refractivity contribution in [2.24, 2.45) is 5.92 Å². The molecule has 1 unspecified atom stereocenters. The highest BCUT2D eigenvalue weighted by molar-refractivity contribution is 6.25. The Labute approximate surface area is 123 Å². The molecule has 2 aromatic rings. The monoisotopic (exact) mass is 283 g/mol. The van der Waals surface area contributed by atoms with Crippen molar-refractivity contribution in [2.45, 2.75) is 19.9 Å². The third-order valence-electron chi connectivity index (χ3n) is 4.09. The molecule has 0 bridgehead atoms. The van der Waals surface area contributed by atoms with E-state index >= 15 is 0 Å². The average Bonchev–Trinajstić information content (AvgIpc) is 2.48. The SMILES string of the molecule is CC(C)C(CO)N1C(=O)c2cccc3cccc(c23)C1=O. The first-order valence-electron chi connectivity index (χ1n) is 7.06. The minimum Gasteiger partial charge on any atom is -0.394 e. The standard InChI is InChI=1S/C17H17NO3/c1-10(2)14(9-19)18-16(20)12-7-3-5-11-6-4-8-13(15(11)12)17(18)21/h3-8,10,14,19H,9H2,1-2H3. The van der Waals surface area contributed by atoms with Crippen LogP contribution in [0.15, 0.2) is 36.4 Å². The molecule has 2 aromatic carbocycles. The van der Waals surface area contributed by atoms with Gasteiger partial charge in [0.25, 0.3) is 11.8 Å². The number of rotatable bonds is 3. The quantitative estimate of drug-likeness (QED) is 0.880. The third-order valence-corrected chi connectivity index (χ3v) is 4.09. The lowest BCUT2D eigenvalue weighted by molar-refractivity contribution is 0.0406. The zero-order chi connectivity index (χ0) is 15.1. The molecule has 21 heavy (non-hydrogen) atoms. The minimum atomic E-state index is -0.506. The van der Waals surface area contributed by atoms with E-state index in [2.05, 4.69) is 0 Å². The van der Waals surface area contributed by atoms with Crippen LogP contribution in [0.25, 0.3) is 10.8 Å². The van der Waals surface area contributed by atoms with E-state index in [0.29, 0.717) is 16.5 Å². The largest absolute Gasteiger partial charge is 0.394 e. The van der Waals surface area contributed by atoms with E-state index in [-0.39, 0.29) is 24.3 Å². The van der Waals surface area contributed by atoms with Crippen LogP contribution in [-0.4, -0.2) is 34.5 Å². The zero-order valence-electron chi connectivity index (χ0n) is 12.0. The van der Waals surface area contributed by atoms with Gasteiger partial charge in [0, 0.05) is 16.5 Å². The predicted molar refractivity (Wildman–Crippen MR) is 80.2 cm³/mol. The number of aliphatic hydroxyl groups is 1. The molecule has 4 nitrogen and oxygen atoms in total. The van der Waals surface area contributed by atoms with Gasteiger partial charge in [-0.05, 0) is 23.4 Å². The molecule has 0 aromatic heterocycles. The van der Waals surface area contributed by atoms with Crippen LogP contribution in [0, 0.1) is 5.92 Å². The summed E-state index contributed by atoms with van der Waals surface area (Å²) in [6, 6.07) is 10.4. The fraction of sp³-hybridized carbons (Fsp3) is 0.294. The molecule has 0 fully saturated rings. The minimum absolute atomic E-state index is 0.00707. The van der Waals surface area contributed by atoms with Crippen molar-refractivity contribution in [2.75, 3.05) is 6.61 Å². The number of benzene rings is 2. The van der Waals surface area contributed by atoms with Gasteiger partial charge in [-0.3, -0.25) is 14.5 Å². The molecule has 1 N–H and O–H groups in total. The number of carbonyl (C=O) groups is 2. The van der Waals surface area contributed by atoms with Crippen LogP contribution >= 0.6 is 0 Å². The summed E-state index contributed by atoms with van der Waals surface area (Å²) in [5.41, 5.74) is 1.06. The van der Waals surface area contributed by atoms with Gasteiger partial charge in [-0.2, -0.15) is 0 Å². The Kier molecular flexibility index (Phi) is 3.26. The van der Waals surface area contributed by atoms with Crippen molar-refractivity contribution in [3.05, 3.63) is 47.5 Å². The fourth-order valence-corrected chi connectivity index (χ4v) is 2.94. The average molecular weight is 283 g/mol. The molecular weight excluding hydrogens is 266 g/mol. The van der Waals surface area contributed by atoms with Gasteiger partial charge in [0.15, 0.2) is 0 Å². The number of nitrogens with zero attached hydrogens (tertiary/aromatic N) is 1. The fourth-order valence-electron chi connectivity index (χ4n) is 2.94. The number of hydrogen-bond donors (Lipinski definition) is 1. The molecule has 3 rings (SSSR count). The second-order valence-electron chi connectivity index (χ2n) is 5.68. The predicted octanol–water partition coefficient (Wildman–Crippen LogP) is 2.45. The highest BCUT2D eigenvalue weighted by Gasteiger charge is 2.38. The van der Waals surface area contributed by atoms with Crippen LogP contribution in [0.3, 0.4) is 0 Å². The molecule has 1 heterocycles. The number of carbonyl (C=O) groups excluding carboxylic acids is 2. The van der Waals surface area contributed by atoms with Crippen molar-refractivity contribution in [3.8, 4) is 0 Å². The van der Waals surface area contributed by atoms with Crippen LogP contribution < -0.4 is 0 Å². The molecule has 1 aliphatic rings. The van der Waals surface area contributed by atoms with Gasteiger partial charge in [0.05, 0.1) is 12.6 Å². The Balaban J connectivity index is 2.24. The summed E-state index contributed by atoms with van der Waals surface area (Å²) in [4.78, 5) is 26.6. The molecule has 108 valence electrons. The van der Waals surface area contributed by atoms with Crippen LogP contribution in [-0.2, 0) is 0 Å². The molecule has 4 heteroatoms. The first-order valence-corrected chi connectivity index (χ1v) is 7.06. The Bertz CT molecular complexity index is 685. The highest BCUT2D eigenvalue weighted by Crippen LogP contribution is 2.31. The Morgan fingerprint density at radius 2 is 1.52 bits per heavy atom. The first kappa shape index (κ1) is 13.8. The van der Waals surface area contributed by atoms with Gasteiger partial charge in [0.1, 0.15) is 0 Å². The van der Waals surface area contributed by atoms with Crippen molar-refractivity contribution in [3.63, 3.8) is 0 Å². The van der Waals surface area contributed by atoms with Gasteiger partial charge in [0.2, 0.25) is 0 Å². The van der Waals surface area contributed by atoms with Gasteiger partial charge in [-0.15, -0.1) is 0 Å². The summed E-state index contributed by atoms with van der Waals surface area (Å²) in [7, 11) is 0. The van der Waals surface area contributed by atoms with Crippen LogP contribution in [0.4, 0.5) is 0 Å². The highest BCUT2D eigenvalue weighted by atomic mass is 16.3. The second kappa shape index (κ2) is 4.97. The van der Waals surface area contributed by atoms with E-state index in [9.17, 15) is 14.7 Å². The maximum Gasteiger partial charge on any atom is 0.261 e. The number of aliphatic hydroxyl groups excluding tert-OH is 1. The maximum atomic E-state index is 12.7. The topological polar surface area (TPSA) is 57.6 Å². The van der Waals surface area contributed by atoms with Gasteiger partial charge in [-0.25, -0.2) is 0 Å². The maximum absolute atomic E-state index is 12.7. The molecular formula is C17H17NO3. The molecule has 0 spiro atoms. The van der Waals surface area contributed by atoms with E-state index in [4.69, 9.17) is 0 Å². The Morgan fingerprint density at radius 1 is 1.00 bits per heavy atom. The van der Waals surface area contributed by atoms with Crippen LogP contribution in [0.5, 0.6) is 0 Å². The van der Waals surface area contributed by atoms with Crippen LogP contribution in [0.1, 0.15) is 34.6 Å². The van der Waals surface area contributed by atoms with E-state index in [0.717, 1.165) is 5.39 Å². The van der Waals surface area contributed by atoms with Crippen molar-refractivity contribution in [1.82, 2.24) is 4.90 Å². The summed E-state index contributed by atoms with van der Waals surface area (Å²) >= 11 is 0. The van der Waals surface area contributed by atoms with Gasteiger partial charge >= 0.3 is 0 Å².